The summed E-state index contributed by atoms with van der Waals surface area (Å²) in [6.07, 6.45) is 2.43. The molecule has 1 rings (SSSR count). The van der Waals surface area contributed by atoms with Gasteiger partial charge in [-0.25, -0.2) is 0 Å². The van der Waals surface area contributed by atoms with Gasteiger partial charge in [0.2, 0.25) is 0 Å². The van der Waals surface area contributed by atoms with Crippen LogP contribution in [0.3, 0.4) is 0 Å². The second-order valence-electron chi connectivity index (χ2n) is 3.72. The Balaban J connectivity index is 2.39. The third kappa shape index (κ3) is 3.10. The molecule has 0 aromatic rings. The van der Waals surface area contributed by atoms with Crippen LogP contribution in [-0.4, -0.2) is 17.5 Å². The first-order valence-corrected chi connectivity index (χ1v) is 5.78. The molecule has 1 aliphatic rings. The van der Waals surface area contributed by atoms with E-state index in [0.29, 0.717) is 0 Å². The van der Waals surface area contributed by atoms with Crippen molar-refractivity contribution < 1.29 is 0 Å². The first-order valence-electron chi connectivity index (χ1n) is 4.73. The van der Waals surface area contributed by atoms with E-state index in [0.717, 1.165) is 24.1 Å². The molecule has 1 fully saturated rings. The molecule has 1 atom stereocenters. The number of allylic oxidation sites excluding steroid dienone is 1. The third-order valence-electron chi connectivity index (χ3n) is 2.28. The zero-order valence-electron chi connectivity index (χ0n) is 8.10. The van der Waals surface area contributed by atoms with Crippen LogP contribution in [-0.2, 0) is 0 Å². The highest BCUT2D eigenvalue weighted by atomic mass is 32.2. The van der Waals surface area contributed by atoms with Crippen LogP contribution in [0.4, 0.5) is 0 Å². The predicted octanol–water partition coefficient (Wildman–Crippen LogP) is 2.64. The van der Waals surface area contributed by atoms with E-state index >= 15 is 0 Å². The maximum atomic E-state index is 3.99. The van der Waals surface area contributed by atoms with E-state index in [9.17, 15) is 0 Å². The summed E-state index contributed by atoms with van der Waals surface area (Å²) in [5.74, 6) is 2.03. The van der Waals surface area contributed by atoms with Gasteiger partial charge in [0.05, 0.1) is 0 Å². The Bertz CT molecular complexity index is 154. The summed E-state index contributed by atoms with van der Waals surface area (Å²) in [5.41, 5.74) is 1.22. The predicted molar refractivity (Wildman–Crippen MR) is 57.5 cm³/mol. The Morgan fingerprint density at radius 1 is 1.58 bits per heavy atom. The lowest BCUT2D eigenvalue weighted by molar-refractivity contribution is 0.558. The Labute approximate surface area is 80.0 Å². The molecule has 0 radical (unpaired) electrons. The van der Waals surface area contributed by atoms with E-state index in [1.54, 1.807) is 0 Å². The molecule has 0 aliphatic carbocycles. The van der Waals surface area contributed by atoms with Crippen LogP contribution in [0.25, 0.3) is 0 Å². The van der Waals surface area contributed by atoms with Gasteiger partial charge in [-0.15, -0.1) is 0 Å². The summed E-state index contributed by atoms with van der Waals surface area (Å²) in [7, 11) is 0. The van der Waals surface area contributed by atoms with Gasteiger partial charge in [-0.05, 0) is 18.8 Å². The molecule has 2 heteroatoms. The summed E-state index contributed by atoms with van der Waals surface area (Å²) in [5, 5.41) is 4.17. The fourth-order valence-electron chi connectivity index (χ4n) is 1.45. The van der Waals surface area contributed by atoms with Gasteiger partial charge in [0.25, 0.3) is 0 Å². The lowest BCUT2D eigenvalue weighted by atomic mass is 10.0. The number of nitrogens with one attached hydrogen (secondary N) is 1. The standard InChI is InChI=1S/C10H19NS/c1-8(2)10-5-4-9(3)11-6-7-12-10/h8,10-11H,3-7H2,1-2H3. The second kappa shape index (κ2) is 4.80. The monoisotopic (exact) mass is 185 g/mol. The molecule has 0 saturated carbocycles. The van der Waals surface area contributed by atoms with E-state index < -0.39 is 0 Å². The summed E-state index contributed by atoms with van der Waals surface area (Å²) in [6.45, 7) is 9.71. The van der Waals surface area contributed by atoms with Crippen molar-refractivity contribution in [2.45, 2.75) is 31.9 Å². The van der Waals surface area contributed by atoms with E-state index in [2.05, 4.69) is 37.5 Å². The van der Waals surface area contributed by atoms with Crippen LogP contribution >= 0.6 is 11.8 Å². The minimum Gasteiger partial charge on any atom is -0.388 e. The van der Waals surface area contributed by atoms with Crippen LogP contribution in [0.1, 0.15) is 26.7 Å². The normalized spacial score (nSPS) is 26.2. The van der Waals surface area contributed by atoms with E-state index in [4.69, 9.17) is 0 Å². The fraction of sp³-hybridized carbons (Fsp3) is 0.800. The lowest BCUT2D eigenvalue weighted by Gasteiger charge is -2.24. The van der Waals surface area contributed by atoms with Crippen molar-refractivity contribution in [1.82, 2.24) is 5.32 Å². The SMILES string of the molecule is C=C1CCC(C(C)C)SCCN1. The lowest BCUT2D eigenvalue weighted by Crippen LogP contribution is -2.23. The molecule has 0 bridgehead atoms. The van der Waals surface area contributed by atoms with Gasteiger partial charge < -0.3 is 5.32 Å². The summed E-state index contributed by atoms with van der Waals surface area (Å²) in [6, 6.07) is 0. The number of hydrogen-bond donors (Lipinski definition) is 1. The van der Waals surface area contributed by atoms with Crippen molar-refractivity contribution in [3.8, 4) is 0 Å². The van der Waals surface area contributed by atoms with Crippen molar-refractivity contribution in [1.29, 1.82) is 0 Å². The zero-order valence-corrected chi connectivity index (χ0v) is 8.91. The second-order valence-corrected chi connectivity index (χ2v) is 5.07. The van der Waals surface area contributed by atoms with Crippen molar-refractivity contribution in [3.63, 3.8) is 0 Å². The van der Waals surface area contributed by atoms with Crippen LogP contribution in [0.15, 0.2) is 12.3 Å². The van der Waals surface area contributed by atoms with Crippen molar-refractivity contribution in [2.24, 2.45) is 5.92 Å². The van der Waals surface area contributed by atoms with Crippen LogP contribution in [0, 0.1) is 5.92 Å². The molecule has 1 N–H and O–H groups in total. The molecule has 1 heterocycles. The first-order chi connectivity index (χ1) is 5.70. The van der Waals surface area contributed by atoms with Gasteiger partial charge in [-0.2, -0.15) is 11.8 Å². The maximum Gasteiger partial charge on any atom is 0.0234 e. The van der Waals surface area contributed by atoms with E-state index in [1.165, 1.54) is 17.9 Å². The number of thioether (sulfide) groups is 1. The molecule has 70 valence electrons. The van der Waals surface area contributed by atoms with Crippen LogP contribution < -0.4 is 5.32 Å². The Kier molecular flexibility index (Phi) is 3.99. The molecule has 1 aliphatic heterocycles. The molecule has 0 aromatic carbocycles. The fourth-order valence-corrected chi connectivity index (χ4v) is 2.64. The molecule has 0 aromatic heterocycles. The average Bonchev–Trinajstić information content (AvgIpc) is 1.97. The molecular formula is C10H19NS. The van der Waals surface area contributed by atoms with Gasteiger partial charge in [0, 0.05) is 23.2 Å². The topological polar surface area (TPSA) is 12.0 Å². The van der Waals surface area contributed by atoms with Gasteiger partial charge in [0.1, 0.15) is 0 Å². The molecule has 1 unspecified atom stereocenters. The van der Waals surface area contributed by atoms with Gasteiger partial charge >= 0.3 is 0 Å². The van der Waals surface area contributed by atoms with Crippen molar-refractivity contribution in [2.75, 3.05) is 12.3 Å². The maximum absolute atomic E-state index is 3.99. The minimum absolute atomic E-state index is 0.806. The first kappa shape index (κ1) is 9.97. The number of rotatable bonds is 1. The van der Waals surface area contributed by atoms with E-state index in [-0.39, 0.29) is 0 Å². The molecular weight excluding hydrogens is 166 g/mol. The summed E-state index contributed by atoms with van der Waals surface area (Å²) >= 11 is 2.10. The van der Waals surface area contributed by atoms with E-state index in [1.807, 2.05) is 0 Å². The highest BCUT2D eigenvalue weighted by molar-refractivity contribution is 7.99. The Hall–Kier alpha value is -0.110. The van der Waals surface area contributed by atoms with Gasteiger partial charge in [0.15, 0.2) is 0 Å². The molecule has 1 saturated heterocycles. The van der Waals surface area contributed by atoms with Gasteiger partial charge in [-0.1, -0.05) is 20.4 Å². The third-order valence-corrected chi connectivity index (χ3v) is 3.93. The van der Waals surface area contributed by atoms with Crippen LogP contribution in [0.5, 0.6) is 0 Å². The quantitative estimate of drug-likeness (QED) is 0.674. The summed E-state index contributed by atoms with van der Waals surface area (Å²) < 4.78 is 0. The highest BCUT2D eigenvalue weighted by Crippen LogP contribution is 2.26. The Morgan fingerprint density at radius 3 is 3.00 bits per heavy atom. The summed E-state index contributed by atoms with van der Waals surface area (Å²) in [4.78, 5) is 0. The molecule has 0 spiro atoms. The largest absolute Gasteiger partial charge is 0.388 e. The van der Waals surface area contributed by atoms with Crippen molar-refractivity contribution >= 4 is 11.8 Å². The average molecular weight is 185 g/mol. The molecule has 1 nitrogen and oxygen atoms in total. The zero-order chi connectivity index (χ0) is 8.97. The highest BCUT2D eigenvalue weighted by Gasteiger charge is 2.15. The number of hydrogen-bond acceptors (Lipinski definition) is 2. The Morgan fingerprint density at radius 2 is 2.33 bits per heavy atom. The smallest absolute Gasteiger partial charge is 0.0234 e. The minimum atomic E-state index is 0.806. The molecule has 12 heavy (non-hydrogen) atoms. The molecule has 0 amide bonds. The van der Waals surface area contributed by atoms with Crippen molar-refractivity contribution in [3.05, 3.63) is 12.3 Å². The van der Waals surface area contributed by atoms with Gasteiger partial charge in [-0.3, -0.25) is 0 Å². The van der Waals surface area contributed by atoms with Crippen LogP contribution in [0.2, 0.25) is 0 Å².